The lowest BCUT2D eigenvalue weighted by atomic mass is 10.0. The van der Waals surface area contributed by atoms with Crippen molar-refractivity contribution in [3.05, 3.63) is 47.2 Å². The van der Waals surface area contributed by atoms with E-state index >= 15 is 0 Å². The average Bonchev–Trinajstić information content (AvgIpc) is 3.26. The molecule has 1 aliphatic rings. The van der Waals surface area contributed by atoms with Gasteiger partial charge in [-0.1, -0.05) is 5.16 Å². The van der Waals surface area contributed by atoms with Crippen LogP contribution < -0.4 is 0 Å². The Morgan fingerprint density at radius 3 is 2.77 bits per heavy atom. The van der Waals surface area contributed by atoms with Crippen molar-refractivity contribution in [3.8, 4) is 11.3 Å². The molecule has 0 unspecified atom stereocenters. The van der Waals surface area contributed by atoms with E-state index in [0.29, 0.717) is 34.8 Å². The zero-order chi connectivity index (χ0) is 21.7. The molecule has 1 saturated carbocycles. The number of aryl methyl sites for hydroxylation is 2. The number of rotatable bonds is 6. The van der Waals surface area contributed by atoms with Gasteiger partial charge in [-0.05, 0) is 38.8 Å². The number of carbonyl (C=O) groups is 1. The first-order valence-electron chi connectivity index (χ1n) is 10.5. The second kappa shape index (κ2) is 7.33. The molecular formula is C22H25N7O2. The number of nitrogens with zero attached hydrogens (tertiary/aromatic N) is 7. The molecule has 0 aromatic carbocycles. The molecule has 5 rings (SSSR count). The molecule has 9 heteroatoms. The highest BCUT2D eigenvalue weighted by Crippen LogP contribution is 2.41. The second-order valence-electron chi connectivity index (χ2n) is 8.15. The molecule has 31 heavy (non-hydrogen) atoms. The SMILES string of the molecule is CCn1ncc(-c2noc3nc(C4CC4)cc(C(=O)N(C)Cc4ccnn4C)c23)c1C. The first-order valence-corrected chi connectivity index (χ1v) is 10.5. The lowest BCUT2D eigenvalue weighted by Crippen LogP contribution is -2.27. The molecule has 0 radical (unpaired) electrons. The predicted octanol–water partition coefficient (Wildman–Crippen LogP) is 3.30. The number of fused-ring (bicyclic) bond motifs is 1. The van der Waals surface area contributed by atoms with Gasteiger partial charge in [-0.2, -0.15) is 10.2 Å². The van der Waals surface area contributed by atoms with Crippen molar-refractivity contribution in [2.24, 2.45) is 7.05 Å². The van der Waals surface area contributed by atoms with Gasteiger partial charge >= 0.3 is 0 Å². The van der Waals surface area contributed by atoms with Gasteiger partial charge in [0.1, 0.15) is 5.69 Å². The Morgan fingerprint density at radius 2 is 2.13 bits per heavy atom. The topological polar surface area (TPSA) is 94.9 Å². The molecule has 4 aromatic heterocycles. The summed E-state index contributed by atoms with van der Waals surface area (Å²) >= 11 is 0. The highest BCUT2D eigenvalue weighted by Gasteiger charge is 2.31. The minimum atomic E-state index is -0.0968. The van der Waals surface area contributed by atoms with Gasteiger partial charge in [-0.3, -0.25) is 14.2 Å². The van der Waals surface area contributed by atoms with Crippen LogP contribution in [0.25, 0.3) is 22.4 Å². The molecule has 1 aliphatic carbocycles. The fourth-order valence-corrected chi connectivity index (χ4v) is 3.99. The van der Waals surface area contributed by atoms with Gasteiger partial charge in [-0.25, -0.2) is 4.98 Å². The predicted molar refractivity (Wildman–Crippen MR) is 114 cm³/mol. The molecule has 0 aliphatic heterocycles. The zero-order valence-electron chi connectivity index (χ0n) is 18.2. The summed E-state index contributed by atoms with van der Waals surface area (Å²) in [6, 6.07) is 3.83. The molecule has 160 valence electrons. The summed E-state index contributed by atoms with van der Waals surface area (Å²) in [6.45, 7) is 5.24. The van der Waals surface area contributed by atoms with Crippen molar-refractivity contribution in [1.29, 1.82) is 0 Å². The van der Waals surface area contributed by atoms with Crippen LogP contribution in [0.4, 0.5) is 0 Å². The lowest BCUT2D eigenvalue weighted by Gasteiger charge is -2.18. The molecule has 0 spiro atoms. The van der Waals surface area contributed by atoms with Crippen LogP contribution in [0.5, 0.6) is 0 Å². The first kappa shape index (κ1) is 19.5. The summed E-state index contributed by atoms with van der Waals surface area (Å²) in [5, 5.41) is 13.6. The van der Waals surface area contributed by atoms with Crippen molar-refractivity contribution in [2.45, 2.75) is 45.7 Å². The Labute approximate surface area is 179 Å². The van der Waals surface area contributed by atoms with E-state index in [4.69, 9.17) is 9.51 Å². The van der Waals surface area contributed by atoms with E-state index in [0.717, 1.165) is 42.0 Å². The Morgan fingerprint density at radius 1 is 1.32 bits per heavy atom. The zero-order valence-corrected chi connectivity index (χ0v) is 18.2. The average molecular weight is 419 g/mol. The van der Waals surface area contributed by atoms with Crippen LogP contribution in [0.15, 0.2) is 29.0 Å². The normalized spacial score (nSPS) is 13.8. The van der Waals surface area contributed by atoms with Crippen LogP contribution >= 0.6 is 0 Å². The van der Waals surface area contributed by atoms with Gasteiger partial charge in [0.2, 0.25) is 0 Å². The summed E-state index contributed by atoms with van der Waals surface area (Å²) in [5.74, 6) is 0.289. The van der Waals surface area contributed by atoms with Crippen LogP contribution in [-0.4, -0.2) is 47.6 Å². The molecule has 0 saturated heterocycles. The first-order chi connectivity index (χ1) is 15.0. The Bertz CT molecular complexity index is 1280. The third kappa shape index (κ3) is 3.30. The quantitative estimate of drug-likeness (QED) is 0.476. The molecule has 4 aromatic rings. The number of pyridine rings is 1. The third-order valence-corrected chi connectivity index (χ3v) is 6.02. The number of hydrogen-bond acceptors (Lipinski definition) is 6. The van der Waals surface area contributed by atoms with Crippen molar-refractivity contribution in [2.75, 3.05) is 7.05 Å². The molecule has 4 heterocycles. The van der Waals surface area contributed by atoms with Gasteiger partial charge in [0.25, 0.3) is 11.6 Å². The van der Waals surface area contributed by atoms with Crippen LogP contribution in [0.3, 0.4) is 0 Å². The van der Waals surface area contributed by atoms with Gasteiger partial charge in [0, 0.05) is 49.7 Å². The van der Waals surface area contributed by atoms with E-state index in [1.54, 1.807) is 29.0 Å². The number of hydrogen-bond donors (Lipinski definition) is 0. The summed E-state index contributed by atoms with van der Waals surface area (Å²) in [7, 11) is 3.67. The van der Waals surface area contributed by atoms with E-state index in [-0.39, 0.29) is 5.91 Å². The summed E-state index contributed by atoms with van der Waals surface area (Å²) < 4.78 is 9.31. The Balaban J connectivity index is 1.62. The van der Waals surface area contributed by atoms with Crippen molar-refractivity contribution in [1.82, 2.24) is 34.6 Å². The molecule has 1 amide bonds. The minimum absolute atomic E-state index is 0.0968. The van der Waals surface area contributed by atoms with Crippen molar-refractivity contribution in [3.63, 3.8) is 0 Å². The van der Waals surface area contributed by atoms with Crippen molar-refractivity contribution >= 4 is 17.0 Å². The Hall–Kier alpha value is -3.49. The summed E-state index contributed by atoms with van der Waals surface area (Å²) in [6.07, 6.45) is 5.68. The lowest BCUT2D eigenvalue weighted by molar-refractivity contribution is 0.0783. The highest BCUT2D eigenvalue weighted by molar-refractivity contribution is 6.09. The molecule has 0 N–H and O–H groups in total. The van der Waals surface area contributed by atoms with E-state index < -0.39 is 0 Å². The fraction of sp³-hybridized carbons (Fsp3) is 0.409. The van der Waals surface area contributed by atoms with E-state index in [2.05, 4.69) is 15.4 Å². The third-order valence-electron chi connectivity index (χ3n) is 6.02. The summed E-state index contributed by atoms with van der Waals surface area (Å²) in [5.41, 5.74) is 5.26. The summed E-state index contributed by atoms with van der Waals surface area (Å²) in [4.78, 5) is 20.0. The van der Waals surface area contributed by atoms with Gasteiger partial charge in [-0.15, -0.1) is 0 Å². The molecule has 0 bridgehead atoms. The largest absolute Gasteiger partial charge is 0.336 e. The number of amides is 1. The van der Waals surface area contributed by atoms with E-state index in [9.17, 15) is 4.79 Å². The standard InChI is InChI=1S/C22H25N7O2/c1-5-29-13(2)17(11-24-29)20-19-16(10-18(14-6-7-14)25-21(19)31-26-20)22(30)27(3)12-15-8-9-23-28(15)4/h8-11,14H,5-7,12H2,1-4H3. The second-order valence-corrected chi connectivity index (χ2v) is 8.15. The van der Waals surface area contributed by atoms with E-state index in [1.807, 2.05) is 37.7 Å². The molecule has 1 fully saturated rings. The highest BCUT2D eigenvalue weighted by atomic mass is 16.5. The van der Waals surface area contributed by atoms with Crippen LogP contribution in [0.2, 0.25) is 0 Å². The Kier molecular flexibility index (Phi) is 4.60. The van der Waals surface area contributed by atoms with Gasteiger partial charge in [0.05, 0.1) is 29.4 Å². The number of carbonyl (C=O) groups excluding carboxylic acids is 1. The maximum atomic E-state index is 13.6. The fourth-order valence-electron chi connectivity index (χ4n) is 3.99. The van der Waals surface area contributed by atoms with Gasteiger partial charge in [0.15, 0.2) is 0 Å². The van der Waals surface area contributed by atoms with Crippen LogP contribution in [-0.2, 0) is 20.1 Å². The monoisotopic (exact) mass is 419 g/mol. The van der Waals surface area contributed by atoms with Crippen LogP contribution in [0, 0.1) is 6.92 Å². The maximum absolute atomic E-state index is 13.6. The van der Waals surface area contributed by atoms with Crippen molar-refractivity contribution < 1.29 is 9.32 Å². The molecule has 0 atom stereocenters. The maximum Gasteiger partial charge on any atom is 0.259 e. The smallest absolute Gasteiger partial charge is 0.259 e. The van der Waals surface area contributed by atoms with Crippen LogP contribution in [0.1, 0.15) is 53.1 Å². The molecule has 9 nitrogen and oxygen atoms in total. The number of aromatic nitrogens is 6. The van der Waals surface area contributed by atoms with Gasteiger partial charge < -0.3 is 9.42 Å². The van der Waals surface area contributed by atoms with E-state index in [1.165, 1.54) is 0 Å². The molecular weight excluding hydrogens is 394 g/mol. The minimum Gasteiger partial charge on any atom is -0.336 e.